The Bertz CT molecular complexity index is 835. The molecule has 1 saturated heterocycles. The number of guanidine groups is 1. The van der Waals surface area contributed by atoms with Crippen LogP contribution < -0.4 is 20.3 Å². The van der Waals surface area contributed by atoms with Gasteiger partial charge in [-0.25, -0.2) is 4.99 Å². The molecule has 1 heterocycles. The minimum absolute atomic E-state index is 0. The van der Waals surface area contributed by atoms with Crippen LogP contribution in [0.4, 0.5) is 11.4 Å². The summed E-state index contributed by atoms with van der Waals surface area (Å²) < 4.78 is 5.68. The molecular formula is C23H31IN4O2. The normalized spacial score (nSPS) is 13.9. The second-order valence-electron chi connectivity index (χ2n) is 7.33. The van der Waals surface area contributed by atoms with Gasteiger partial charge < -0.3 is 20.3 Å². The highest BCUT2D eigenvalue weighted by atomic mass is 127. The Balaban J connectivity index is 0.00000320. The van der Waals surface area contributed by atoms with Crippen molar-refractivity contribution >= 4 is 47.2 Å². The van der Waals surface area contributed by atoms with Gasteiger partial charge in [-0.05, 0) is 69.2 Å². The molecule has 7 heteroatoms. The molecule has 30 heavy (non-hydrogen) atoms. The summed E-state index contributed by atoms with van der Waals surface area (Å²) in [5, 5.41) is 6.59. The van der Waals surface area contributed by atoms with Crippen molar-refractivity contribution in [1.29, 1.82) is 0 Å². The zero-order chi connectivity index (χ0) is 20.6. The van der Waals surface area contributed by atoms with Crippen molar-refractivity contribution in [2.24, 2.45) is 4.99 Å². The Kier molecular flexibility index (Phi) is 9.42. The summed E-state index contributed by atoms with van der Waals surface area (Å²) in [5.41, 5.74) is 3.01. The van der Waals surface area contributed by atoms with E-state index in [0.717, 1.165) is 48.2 Å². The lowest BCUT2D eigenvalue weighted by atomic mass is 10.2. The molecule has 0 aliphatic carbocycles. The first-order valence-electron chi connectivity index (χ1n) is 10.3. The van der Waals surface area contributed by atoms with Crippen LogP contribution in [0.15, 0.2) is 53.5 Å². The number of benzene rings is 2. The van der Waals surface area contributed by atoms with E-state index in [1.807, 2.05) is 74.2 Å². The number of nitrogens with zero attached hydrogens (tertiary/aromatic N) is 2. The van der Waals surface area contributed by atoms with E-state index in [-0.39, 0.29) is 36.0 Å². The lowest BCUT2D eigenvalue weighted by molar-refractivity contribution is -0.117. The number of carbonyl (C=O) groups is 1. The fourth-order valence-corrected chi connectivity index (χ4v) is 3.21. The Morgan fingerprint density at radius 3 is 2.40 bits per heavy atom. The summed E-state index contributed by atoms with van der Waals surface area (Å²) in [5.74, 6) is 1.78. The van der Waals surface area contributed by atoms with Crippen LogP contribution in [0.5, 0.6) is 5.75 Å². The fraction of sp³-hybridized carbons (Fsp3) is 0.391. The average molecular weight is 522 g/mol. The van der Waals surface area contributed by atoms with Gasteiger partial charge in [0.2, 0.25) is 5.91 Å². The van der Waals surface area contributed by atoms with Crippen LogP contribution in [0.25, 0.3) is 0 Å². The third kappa shape index (κ3) is 6.90. The molecule has 2 N–H and O–H groups in total. The number of anilines is 2. The first kappa shape index (κ1) is 24.0. The molecule has 0 radical (unpaired) electrons. The lowest BCUT2D eigenvalue weighted by Crippen LogP contribution is -2.30. The van der Waals surface area contributed by atoms with Crippen molar-refractivity contribution in [1.82, 2.24) is 5.32 Å². The summed E-state index contributed by atoms with van der Waals surface area (Å²) in [6.07, 6.45) is 1.74. The topological polar surface area (TPSA) is 66.0 Å². The number of aliphatic imine (C=N–C) groups is 1. The summed E-state index contributed by atoms with van der Waals surface area (Å²) in [6.45, 7) is 8.20. The van der Waals surface area contributed by atoms with Gasteiger partial charge in [0.25, 0.3) is 0 Å². The van der Waals surface area contributed by atoms with Gasteiger partial charge in [-0.1, -0.05) is 12.1 Å². The second kappa shape index (κ2) is 11.8. The Labute approximate surface area is 196 Å². The number of hydrogen-bond acceptors (Lipinski definition) is 3. The molecule has 1 amide bonds. The smallest absolute Gasteiger partial charge is 0.227 e. The van der Waals surface area contributed by atoms with E-state index in [1.165, 1.54) is 0 Å². The molecule has 0 atom stereocenters. The van der Waals surface area contributed by atoms with Gasteiger partial charge >= 0.3 is 0 Å². The number of carbonyl (C=O) groups excluding carboxylic acids is 1. The molecule has 3 rings (SSSR count). The molecule has 0 bridgehead atoms. The van der Waals surface area contributed by atoms with Crippen LogP contribution in [0.2, 0.25) is 0 Å². The van der Waals surface area contributed by atoms with E-state index < -0.39 is 0 Å². The van der Waals surface area contributed by atoms with Gasteiger partial charge in [-0.3, -0.25) is 4.79 Å². The summed E-state index contributed by atoms with van der Waals surface area (Å²) in [6, 6.07) is 15.9. The predicted molar refractivity (Wildman–Crippen MR) is 134 cm³/mol. The van der Waals surface area contributed by atoms with Gasteiger partial charge in [0.15, 0.2) is 5.96 Å². The molecular weight excluding hydrogens is 491 g/mol. The highest BCUT2D eigenvalue weighted by Gasteiger charge is 2.21. The van der Waals surface area contributed by atoms with E-state index in [9.17, 15) is 4.79 Å². The summed E-state index contributed by atoms with van der Waals surface area (Å²) in [7, 11) is 0. The SMILES string of the molecule is CCNC(=NCc1ccc(N2CCCC2=O)cc1)Nc1ccc(OC(C)C)cc1.I. The maximum atomic E-state index is 11.9. The van der Waals surface area contributed by atoms with Gasteiger partial charge in [0, 0.05) is 30.9 Å². The number of rotatable bonds is 7. The quantitative estimate of drug-likeness (QED) is 0.312. The van der Waals surface area contributed by atoms with Crippen molar-refractivity contribution in [3.63, 3.8) is 0 Å². The third-order valence-electron chi connectivity index (χ3n) is 4.57. The summed E-state index contributed by atoms with van der Waals surface area (Å²) >= 11 is 0. The van der Waals surface area contributed by atoms with Crippen LogP contribution >= 0.6 is 24.0 Å². The van der Waals surface area contributed by atoms with Crippen LogP contribution in [-0.4, -0.2) is 31.1 Å². The first-order valence-corrected chi connectivity index (χ1v) is 10.3. The molecule has 1 aliphatic rings. The molecule has 162 valence electrons. The van der Waals surface area contributed by atoms with Gasteiger partial charge in [-0.15, -0.1) is 24.0 Å². The molecule has 6 nitrogen and oxygen atoms in total. The number of hydrogen-bond donors (Lipinski definition) is 2. The highest BCUT2D eigenvalue weighted by Crippen LogP contribution is 2.22. The third-order valence-corrected chi connectivity index (χ3v) is 4.57. The maximum Gasteiger partial charge on any atom is 0.227 e. The van der Waals surface area contributed by atoms with Crippen LogP contribution in [0.3, 0.4) is 0 Å². The Morgan fingerprint density at radius 2 is 1.83 bits per heavy atom. The fourth-order valence-electron chi connectivity index (χ4n) is 3.21. The number of halogens is 1. The predicted octanol–water partition coefficient (Wildman–Crippen LogP) is 4.80. The minimum atomic E-state index is 0. The van der Waals surface area contributed by atoms with Crippen molar-refractivity contribution < 1.29 is 9.53 Å². The Hall–Kier alpha value is -2.29. The van der Waals surface area contributed by atoms with Crippen molar-refractivity contribution in [3.8, 4) is 5.75 Å². The van der Waals surface area contributed by atoms with E-state index >= 15 is 0 Å². The second-order valence-corrected chi connectivity index (χ2v) is 7.33. The van der Waals surface area contributed by atoms with Gasteiger partial charge in [0.1, 0.15) is 5.75 Å². The van der Waals surface area contributed by atoms with Crippen LogP contribution in [0.1, 0.15) is 39.2 Å². The first-order chi connectivity index (χ1) is 14.0. The van der Waals surface area contributed by atoms with Crippen molar-refractivity contribution in [2.75, 3.05) is 23.3 Å². The molecule has 0 aromatic heterocycles. The average Bonchev–Trinajstić information content (AvgIpc) is 3.14. The van der Waals surface area contributed by atoms with Crippen molar-refractivity contribution in [3.05, 3.63) is 54.1 Å². The van der Waals surface area contributed by atoms with E-state index in [1.54, 1.807) is 0 Å². The molecule has 2 aromatic rings. The van der Waals surface area contributed by atoms with E-state index in [4.69, 9.17) is 4.74 Å². The summed E-state index contributed by atoms with van der Waals surface area (Å²) in [4.78, 5) is 18.4. The molecule has 1 fully saturated rings. The van der Waals surface area contributed by atoms with E-state index in [0.29, 0.717) is 13.0 Å². The molecule has 0 spiro atoms. The number of amides is 1. The Morgan fingerprint density at radius 1 is 1.13 bits per heavy atom. The molecule has 1 aliphatic heterocycles. The van der Waals surface area contributed by atoms with Crippen LogP contribution in [-0.2, 0) is 11.3 Å². The lowest BCUT2D eigenvalue weighted by Gasteiger charge is -2.16. The highest BCUT2D eigenvalue weighted by molar-refractivity contribution is 14.0. The monoisotopic (exact) mass is 522 g/mol. The van der Waals surface area contributed by atoms with Gasteiger partial charge in [0.05, 0.1) is 12.6 Å². The maximum absolute atomic E-state index is 11.9. The zero-order valence-corrected chi connectivity index (χ0v) is 20.2. The number of ether oxygens (including phenoxy) is 1. The standard InChI is InChI=1S/C23H30N4O2.HI/c1-4-24-23(26-19-9-13-21(14-10-19)29-17(2)3)25-16-18-7-11-20(12-8-18)27-15-5-6-22(27)28;/h7-14,17H,4-6,15-16H2,1-3H3,(H2,24,25,26);1H. The van der Waals surface area contributed by atoms with Gasteiger partial charge in [-0.2, -0.15) is 0 Å². The van der Waals surface area contributed by atoms with Crippen LogP contribution in [0, 0.1) is 0 Å². The molecule has 0 saturated carbocycles. The number of nitrogens with one attached hydrogen (secondary N) is 2. The largest absolute Gasteiger partial charge is 0.491 e. The zero-order valence-electron chi connectivity index (χ0n) is 17.9. The molecule has 2 aromatic carbocycles. The van der Waals surface area contributed by atoms with E-state index in [2.05, 4.69) is 15.6 Å². The minimum Gasteiger partial charge on any atom is -0.491 e. The van der Waals surface area contributed by atoms with Crippen molar-refractivity contribution in [2.45, 2.75) is 46.3 Å². The molecule has 0 unspecified atom stereocenters.